The summed E-state index contributed by atoms with van der Waals surface area (Å²) in [5.74, 6) is 4.26. The zero-order chi connectivity index (χ0) is 17.8. The highest BCUT2D eigenvalue weighted by atomic mass is 16.5. The van der Waals surface area contributed by atoms with Crippen molar-refractivity contribution in [3.8, 4) is 0 Å². The minimum absolute atomic E-state index is 0.0140. The van der Waals surface area contributed by atoms with Gasteiger partial charge >= 0.3 is 11.9 Å². The molecule has 4 bridgehead atoms. The molecule has 0 heterocycles. The second-order valence-electron chi connectivity index (χ2n) is 9.51. The van der Waals surface area contributed by atoms with E-state index in [2.05, 4.69) is 12.2 Å². The van der Waals surface area contributed by atoms with Crippen LogP contribution in [0.4, 0.5) is 0 Å². The Bertz CT molecular complexity index is 587. The maximum Gasteiger partial charge on any atom is 0.311 e. The molecule has 4 aliphatic rings. The van der Waals surface area contributed by atoms with Crippen LogP contribution in [0, 0.1) is 46.8 Å². The fourth-order valence-electron chi connectivity index (χ4n) is 6.01. The number of allylic oxidation sites excluding steroid dienone is 2. The smallest absolute Gasteiger partial charge is 0.311 e. The van der Waals surface area contributed by atoms with Crippen molar-refractivity contribution in [3.63, 3.8) is 0 Å². The van der Waals surface area contributed by atoms with Gasteiger partial charge in [0.15, 0.2) is 0 Å². The van der Waals surface area contributed by atoms with E-state index in [1.807, 2.05) is 20.8 Å². The molecule has 0 saturated heterocycles. The number of fused-ring (bicyclic) bond motifs is 9. The quantitative estimate of drug-likeness (QED) is 0.330. The lowest BCUT2D eigenvalue weighted by Gasteiger charge is -2.35. The molecule has 0 aromatic rings. The zero-order valence-electron chi connectivity index (χ0n) is 15.6. The molecular weight excluding hydrogens is 316 g/mol. The van der Waals surface area contributed by atoms with E-state index in [-0.39, 0.29) is 17.9 Å². The molecule has 7 atom stereocenters. The van der Waals surface area contributed by atoms with Gasteiger partial charge in [0.05, 0.1) is 24.5 Å². The second kappa shape index (κ2) is 6.14. The van der Waals surface area contributed by atoms with Gasteiger partial charge in [0.1, 0.15) is 0 Å². The predicted molar refractivity (Wildman–Crippen MR) is 93.4 cm³/mol. The van der Waals surface area contributed by atoms with E-state index < -0.39 is 5.41 Å². The monoisotopic (exact) mass is 346 g/mol. The Hall–Kier alpha value is -1.32. The summed E-state index contributed by atoms with van der Waals surface area (Å²) in [6.07, 6.45) is 8.99. The lowest BCUT2D eigenvalue weighted by molar-refractivity contribution is -0.155. The molecule has 0 aliphatic heterocycles. The maximum atomic E-state index is 12.5. The molecule has 3 fully saturated rings. The van der Waals surface area contributed by atoms with Crippen molar-refractivity contribution in [3.05, 3.63) is 12.2 Å². The molecule has 0 amide bonds. The number of rotatable bonds is 5. The highest BCUT2D eigenvalue weighted by molar-refractivity contribution is 5.75. The summed E-state index contributed by atoms with van der Waals surface area (Å²) in [7, 11) is 0. The first-order valence-electron chi connectivity index (χ1n) is 9.88. The van der Waals surface area contributed by atoms with Crippen LogP contribution in [0.3, 0.4) is 0 Å². The molecule has 0 N–H and O–H groups in total. The lowest BCUT2D eigenvalue weighted by Crippen LogP contribution is -2.35. The van der Waals surface area contributed by atoms with Crippen LogP contribution >= 0.6 is 0 Å². The molecule has 7 unspecified atom stereocenters. The van der Waals surface area contributed by atoms with Gasteiger partial charge in [0, 0.05) is 6.42 Å². The van der Waals surface area contributed by atoms with Gasteiger partial charge < -0.3 is 9.47 Å². The minimum atomic E-state index is -0.481. The second-order valence-corrected chi connectivity index (χ2v) is 9.51. The molecule has 4 rings (SSSR count). The van der Waals surface area contributed by atoms with Crippen molar-refractivity contribution < 1.29 is 19.1 Å². The van der Waals surface area contributed by atoms with Crippen molar-refractivity contribution in [1.29, 1.82) is 0 Å². The molecule has 0 radical (unpaired) electrons. The standard InChI is InChI=1S/C21H30O4/c1-21(2,3)20(23)25-8-4-7-24-19(22)16-11-14-10-15(16)18-13-6-5-12(9-13)17(14)18/h5-6,12-18H,4,7-11H2,1-3H3. The van der Waals surface area contributed by atoms with Gasteiger partial charge in [-0.05, 0) is 75.5 Å². The van der Waals surface area contributed by atoms with Crippen molar-refractivity contribution in [1.82, 2.24) is 0 Å². The fourth-order valence-corrected chi connectivity index (χ4v) is 6.01. The number of hydrogen-bond donors (Lipinski definition) is 0. The van der Waals surface area contributed by atoms with E-state index in [0.717, 1.165) is 36.0 Å². The molecule has 0 aromatic carbocycles. The highest BCUT2D eigenvalue weighted by Crippen LogP contribution is 2.67. The zero-order valence-corrected chi connectivity index (χ0v) is 15.6. The van der Waals surface area contributed by atoms with Crippen molar-refractivity contribution in [2.24, 2.45) is 46.8 Å². The van der Waals surface area contributed by atoms with Crippen molar-refractivity contribution in [2.75, 3.05) is 13.2 Å². The van der Waals surface area contributed by atoms with E-state index in [4.69, 9.17) is 9.47 Å². The number of hydrogen-bond acceptors (Lipinski definition) is 4. The van der Waals surface area contributed by atoms with Crippen LogP contribution in [0.1, 0.15) is 46.5 Å². The summed E-state index contributed by atoms with van der Waals surface area (Å²) in [4.78, 5) is 24.2. The summed E-state index contributed by atoms with van der Waals surface area (Å²) >= 11 is 0. The third-order valence-corrected chi connectivity index (χ3v) is 6.95. The van der Waals surface area contributed by atoms with Gasteiger partial charge in [0.25, 0.3) is 0 Å². The van der Waals surface area contributed by atoms with Crippen molar-refractivity contribution >= 4 is 11.9 Å². The Labute approximate surface area is 150 Å². The van der Waals surface area contributed by atoms with Crippen LogP contribution in [0.25, 0.3) is 0 Å². The summed E-state index contributed by atoms with van der Waals surface area (Å²) in [6.45, 7) is 6.18. The van der Waals surface area contributed by atoms with E-state index in [9.17, 15) is 9.59 Å². The van der Waals surface area contributed by atoms with E-state index in [1.54, 1.807) is 0 Å². The SMILES string of the molecule is CC(C)(C)C(=O)OCCCOC(=O)C1CC2CC1C1C3C=CC(C3)C21. The largest absolute Gasteiger partial charge is 0.465 e. The number of carbonyl (C=O) groups excluding carboxylic acids is 2. The van der Waals surface area contributed by atoms with E-state index in [0.29, 0.717) is 25.6 Å². The third kappa shape index (κ3) is 2.92. The Kier molecular flexibility index (Phi) is 4.20. The number of carbonyl (C=O) groups is 2. The highest BCUT2D eigenvalue weighted by Gasteiger charge is 2.62. The van der Waals surface area contributed by atoms with Crippen LogP contribution in [0.15, 0.2) is 12.2 Å². The summed E-state index contributed by atoms with van der Waals surface area (Å²) in [5, 5.41) is 0. The predicted octanol–water partition coefficient (Wildman–Crippen LogP) is 3.60. The van der Waals surface area contributed by atoms with Gasteiger partial charge in [-0.3, -0.25) is 9.59 Å². The summed E-state index contributed by atoms with van der Waals surface area (Å²) < 4.78 is 10.7. The molecule has 4 heteroatoms. The lowest BCUT2D eigenvalue weighted by atomic mass is 9.69. The first-order valence-corrected chi connectivity index (χ1v) is 9.88. The molecule has 0 aromatic heterocycles. The van der Waals surface area contributed by atoms with Gasteiger partial charge in [0.2, 0.25) is 0 Å². The van der Waals surface area contributed by atoms with Crippen LogP contribution in [-0.4, -0.2) is 25.2 Å². The fraction of sp³-hybridized carbons (Fsp3) is 0.810. The molecule has 3 saturated carbocycles. The number of esters is 2. The first-order chi connectivity index (χ1) is 11.9. The minimum Gasteiger partial charge on any atom is -0.465 e. The average Bonchev–Trinajstić information content (AvgIpc) is 3.30. The van der Waals surface area contributed by atoms with Gasteiger partial charge in [-0.25, -0.2) is 0 Å². The molecule has 0 spiro atoms. The Morgan fingerprint density at radius 1 is 0.960 bits per heavy atom. The normalized spacial score (nSPS) is 40.4. The molecule has 138 valence electrons. The maximum absolute atomic E-state index is 12.5. The molecular formula is C21H30O4. The van der Waals surface area contributed by atoms with Crippen molar-refractivity contribution in [2.45, 2.75) is 46.5 Å². The Morgan fingerprint density at radius 3 is 2.36 bits per heavy atom. The third-order valence-electron chi connectivity index (χ3n) is 6.95. The van der Waals surface area contributed by atoms with Crippen LogP contribution in [0.5, 0.6) is 0 Å². The Balaban J connectivity index is 1.21. The Morgan fingerprint density at radius 2 is 1.64 bits per heavy atom. The summed E-state index contributed by atoms with van der Waals surface area (Å²) in [6, 6.07) is 0. The summed E-state index contributed by atoms with van der Waals surface area (Å²) in [5.41, 5.74) is -0.481. The first kappa shape index (κ1) is 17.1. The molecule has 4 nitrogen and oxygen atoms in total. The van der Waals surface area contributed by atoms with Gasteiger partial charge in [-0.1, -0.05) is 12.2 Å². The van der Waals surface area contributed by atoms with Gasteiger partial charge in [-0.2, -0.15) is 0 Å². The molecule has 25 heavy (non-hydrogen) atoms. The van der Waals surface area contributed by atoms with E-state index in [1.165, 1.54) is 12.8 Å². The molecule has 4 aliphatic carbocycles. The van der Waals surface area contributed by atoms with E-state index >= 15 is 0 Å². The number of ether oxygens (including phenoxy) is 2. The average molecular weight is 346 g/mol. The topological polar surface area (TPSA) is 52.6 Å². The van der Waals surface area contributed by atoms with Crippen LogP contribution < -0.4 is 0 Å². The van der Waals surface area contributed by atoms with Gasteiger partial charge in [-0.15, -0.1) is 0 Å². The van der Waals surface area contributed by atoms with Crippen LogP contribution in [-0.2, 0) is 19.1 Å². The van der Waals surface area contributed by atoms with Crippen LogP contribution in [0.2, 0.25) is 0 Å².